The number of ether oxygens (including phenoxy) is 1. The quantitative estimate of drug-likeness (QED) is 0.818. The van der Waals surface area contributed by atoms with E-state index in [0.717, 1.165) is 5.56 Å². The Labute approximate surface area is 129 Å². The standard InChI is InChI=1S/C16H16BNO4/c1-21-12-7-8-14-13(9-12)15(22-17(14)20)16(19)18-10-11-5-3-2-4-6-11/h2-9,15,20H,10H2,1H3,(H,18,19). The predicted molar refractivity (Wildman–Crippen MR) is 82.7 cm³/mol. The maximum atomic E-state index is 12.3. The summed E-state index contributed by atoms with van der Waals surface area (Å²) in [5, 5.41) is 12.7. The van der Waals surface area contributed by atoms with Gasteiger partial charge in [0.05, 0.1) is 7.11 Å². The van der Waals surface area contributed by atoms with Gasteiger partial charge in [-0.15, -0.1) is 0 Å². The number of hydrogen-bond donors (Lipinski definition) is 2. The van der Waals surface area contributed by atoms with Crippen LogP contribution in [0, 0.1) is 0 Å². The van der Waals surface area contributed by atoms with E-state index in [4.69, 9.17) is 9.39 Å². The molecule has 2 aromatic carbocycles. The van der Waals surface area contributed by atoms with E-state index in [0.29, 0.717) is 23.3 Å². The van der Waals surface area contributed by atoms with Crippen LogP contribution in [0.3, 0.4) is 0 Å². The summed E-state index contributed by atoms with van der Waals surface area (Å²) in [4.78, 5) is 12.3. The fraction of sp³-hybridized carbons (Fsp3) is 0.188. The molecule has 6 heteroatoms. The van der Waals surface area contributed by atoms with Crippen LogP contribution in [0.25, 0.3) is 0 Å². The van der Waals surface area contributed by atoms with Crippen molar-refractivity contribution in [2.45, 2.75) is 12.6 Å². The molecule has 1 amide bonds. The number of methoxy groups -OCH3 is 1. The molecule has 1 atom stereocenters. The molecule has 0 spiro atoms. The Balaban J connectivity index is 1.74. The Bertz CT molecular complexity index is 677. The molecule has 1 unspecified atom stereocenters. The maximum absolute atomic E-state index is 12.3. The lowest BCUT2D eigenvalue weighted by atomic mass is 9.79. The Morgan fingerprint density at radius 2 is 2.09 bits per heavy atom. The van der Waals surface area contributed by atoms with Crippen LogP contribution in [0.5, 0.6) is 5.75 Å². The van der Waals surface area contributed by atoms with E-state index in [2.05, 4.69) is 5.32 Å². The van der Waals surface area contributed by atoms with Gasteiger partial charge in [-0.2, -0.15) is 0 Å². The van der Waals surface area contributed by atoms with Crippen molar-refractivity contribution in [3.63, 3.8) is 0 Å². The van der Waals surface area contributed by atoms with Crippen LogP contribution in [-0.4, -0.2) is 25.2 Å². The molecule has 0 aromatic heterocycles. The SMILES string of the molecule is COc1ccc2c(c1)C(C(=O)NCc1ccccc1)OB2O. The lowest BCUT2D eigenvalue weighted by Crippen LogP contribution is -2.30. The molecule has 0 aliphatic carbocycles. The zero-order valence-electron chi connectivity index (χ0n) is 12.2. The molecule has 0 fully saturated rings. The van der Waals surface area contributed by atoms with Gasteiger partial charge in [0, 0.05) is 6.54 Å². The molecular weight excluding hydrogens is 281 g/mol. The molecule has 5 nitrogen and oxygen atoms in total. The van der Waals surface area contributed by atoms with E-state index < -0.39 is 13.2 Å². The minimum atomic E-state index is -1.09. The zero-order chi connectivity index (χ0) is 15.5. The highest BCUT2D eigenvalue weighted by atomic mass is 16.5. The Morgan fingerprint density at radius 1 is 1.32 bits per heavy atom. The highest BCUT2D eigenvalue weighted by molar-refractivity contribution is 6.62. The summed E-state index contributed by atoms with van der Waals surface area (Å²) in [6, 6.07) is 14.8. The van der Waals surface area contributed by atoms with Gasteiger partial charge in [-0.1, -0.05) is 36.4 Å². The highest BCUT2D eigenvalue weighted by Crippen LogP contribution is 2.27. The molecule has 0 radical (unpaired) electrons. The van der Waals surface area contributed by atoms with Gasteiger partial charge in [0.15, 0.2) is 0 Å². The van der Waals surface area contributed by atoms with Crippen molar-refractivity contribution in [3.05, 3.63) is 59.7 Å². The van der Waals surface area contributed by atoms with Gasteiger partial charge in [-0.25, -0.2) is 0 Å². The molecular formula is C16H16BNO4. The van der Waals surface area contributed by atoms with E-state index in [1.54, 1.807) is 25.3 Å². The van der Waals surface area contributed by atoms with Gasteiger partial charge in [-0.3, -0.25) is 4.79 Å². The topological polar surface area (TPSA) is 67.8 Å². The van der Waals surface area contributed by atoms with Crippen molar-refractivity contribution >= 4 is 18.5 Å². The molecule has 0 bridgehead atoms. The van der Waals surface area contributed by atoms with Gasteiger partial charge < -0.3 is 19.7 Å². The Kier molecular flexibility index (Phi) is 4.13. The van der Waals surface area contributed by atoms with Crippen LogP contribution in [-0.2, 0) is 16.0 Å². The first-order valence-electron chi connectivity index (χ1n) is 7.02. The van der Waals surface area contributed by atoms with Crippen molar-refractivity contribution in [1.82, 2.24) is 5.32 Å². The summed E-state index contributed by atoms with van der Waals surface area (Å²) in [7, 11) is 0.465. The van der Waals surface area contributed by atoms with Gasteiger partial charge in [0.25, 0.3) is 5.91 Å². The van der Waals surface area contributed by atoms with Crippen LogP contribution >= 0.6 is 0 Å². The fourth-order valence-electron chi connectivity index (χ4n) is 2.49. The summed E-state index contributed by atoms with van der Waals surface area (Å²) >= 11 is 0. The molecule has 112 valence electrons. The third-order valence-electron chi connectivity index (χ3n) is 3.66. The third kappa shape index (κ3) is 2.84. The number of carbonyl (C=O) groups excluding carboxylic acids is 1. The Morgan fingerprint density at radius 3 is 2.82 bits per heavy atom. The minimum absolute atomic E-state index is 0.282. The fourth-order valence-corrected chi connectivity index (χ4v) is 2.49. The summed E-state index contributed by atoms with van der Waals surface area (Å²) in [5.74, 6) is 0.340. The average Bonchev–Trinajstić information content (AvgIpc) is 2.90. The van der Waals surface area contributed by atoms with Gasteiger partial charge in [0.1, 0.15) is 11.9 Å². The number of hydrogen-bond acceptors (Lipinski definition) is 4. The van der Waals surface area contributed by atoms with E-state index in [9.17, 15) is 9.82 Å². The first-order valence-corrected chi connectivity index (χ1v) is 7.02. The van der Waals surface area contributed by atoms with Crippen LogP contribution < -0.4 is 15.5 Å². The number of amides is 1. The number of nitrogens with one attached hydrogen (secondary N) is 1. The molecule has 1 aliphatic rings. The normalized spacial score (nSPS) is 16.3. The molecule has 2 N–H and O–H groups in total. The largest absolute Gasteiger partial charge is 0.497 e. The molecule has 22 heavy (non-hydrogen) atoms. The number of fused-ring (bicyclic) bond motifs is 1. The molecule has 0 saturated carbocycles. The van der Waals surface area contributed by atoms with Crippen LogP contribution in [0.15, 0.2) is 48.5 Å². The summed E-state index contributed by atoms with van der Waals surface area (Å²) < 4.78 is 10.5. The van der Waals surface area contributed by atoms with Crippen LogP contribution in [0.2, 0.25) is 0 Å². The van der Waals surface area contributed by atoms with E-state index in [1.165, 1.54) is 0 Å². The first kappa shape index (κ1) is 14.6. The van der Waals surface area contributed by atoms with Gasteiger partial charge in [-0.05, 0) is 28.7 Å². The number of carbonyl (C=O) groups is 1. The lowest BCUT2D eigenvalue weighted by Gasteiger charge is -2.13. The predicted octanol–water partition coefficient (Wildman–Crippen LogP) is 0.770. The molecule has 3 rings (SSSR count). The zero-order valence-corrected chi connectivity index (χ0v) is 12.2. The second-order valence-corrected chi connectivity index (χ2v) is 5.07. The molecule has 2 aromatic rings. The van der Waals surface area contributed by atoms with E-state index >= 15 is 0 Å². The molecule has 1 heterocycles. The first-order chi connectivity index (χ1) is 10.7. The van der Waals surface area contributed by atoms with Crippen LogP contribution in [0.1, 0.15) is 17.2 Å². The van der Waals surface area contributed by atoms with E-state index in [1.807, 2.05) is 30.3 Å². The number of rotatable bonds is 4. The lowest BCUT2D eigenvalue weighted by molar-refractivity contribution is -0.128. The van der Waals surface area contributed by atoms with Crippen molar-refractivity contribution in [3.8, 4) is 5.75 Å². The van der Waals surface area contributed by atoms with Gasteiger partial charge in [0.2, 0.25) is 0 Å². The summed E-state index contributed by atoms with van der Waals surface area (Å²) in [5.41, 5.74) is 2.23. The summed E-state index contributed by atoms with van der Waals surface area (Å²) in [6.45, 7) is 0.412. The van der Waals surface area contributed by atoms with E-state index in [-0.39, 0.29) is 5.91 Å². The maximum Gasteiger partial charge on any atom is 0.492 e. The molecule has 0 saturated heterocycles. The van der Waals surface area contributed by atoms with Gasteiger partial charge >= 0.3 is 7.12 Å². The van der Waals surface area contributed by atoms with Crippen molar-refractivity contribution in [1.29, 1.82) is 0 Å². The smallest absolute Gasteiger partial charge is 0.492 e. The average molecular weight is 297 g/mol. The van der Waals surface area contributed by atoms with Crippen molar-refractivity contribution in [2.75, 3.05) is 7.11 Å². The highest BCUT2D eigenvalue weighted by Gasteiger charge is 2.39. The monoisotopic (exact) mass is 297 g/mol. The Hall–Kier alpha value is -2.31. The number of benzene rings is 2. The third-order valence-corrected chi connectivity index (χ3v) is 3.66. The molecule has 1 aliphatic heterocycles. The van der Waals surface area contributed by atoms with Crippen molar-refractivity contribution in [2.24, 2.45) is 0 Å². The second-order valence-electron chi connectivity index (χ2n) is 5.07. The second kappa shape index (κ2) is 6.21. The summed E-state index contributed by atoms with van der Waals surface area (Å²) in [6.07, 6.45) is -0.830. The minimum Gasteiger partial charge on any atom is -0.497 e. The van der Waals surface area contributed by atoms with Crippen molar-refractivity contribution < 1.29 is 19.2 Å². The van der Waals surface area contributed by atoms with Crippen LogP contribution in [0.4, 0.5) is 0 Å².